The molecule has 0 spiro atoms. The molecule has 42 heteroatoms. The maximum absolute atomic E-state index is 12.5. The number of pyridine rings is 10. The first-order valence-corrected chi connectivity index (χ1v) is 40.3. The van der Waals surface area contributed by atoms with Crippen molar-refractivity contribution in [2.24, 2.45) is 5.73 Å². The average molecular weight is 1920 g/mol. The van der Waals surface area contributed by atoms with E-state index in [-0.39, 0.29) is 146 Å². The van der Waals surface area contributed by atoms with Gasteiger partial charge in [0, 0.05) is 31.0 Å². The van der Waals surface area contributed by atoms with E-state index in [2.05, 4.69) is 89.3 Å². The zero-order valence-corrected chi connectivity index (χ0v) is 77.4. The lowest BCUT2D eigenvalue weighted by Crippen LogP contribution is -2.35. The van der Waals surface area contributed by atoms with Crippen molar-refractivity contribution in [3.8, 4) is 17.1 Å². The van der Waals surface area contributed by atoms with Gasteiger partial charge in [0.15, 0.2) is 16.9 Å². The Morgan fingerprint density at radius 2 is 0.648 bits per heavy atom. The lowest BCUT2D eigenvalue weighted by molar-refractivity contribution is 0.0964. The fraction of sp³-hybridized carbons (Fsp3) is 0.263. The number of primary amides is 1. The molecule has 0 aliphatic rings. The maximum atomic E-state index is 12.5. The van der Waals surface area contributed by atoms with Gasteiger partial charge in [-0.3, -0.25) is 69.2 Å². The molecule has 0 radical (unpaired) electrons. The molecule has 13 heterocycles. The average Bonchev–Trinajstić information content (AvgIpc) is 0.759. The third kappa shape index (κ3) is 23.7. The van der Waals surface area contributed by atoms with Crippen LogP contribution in [-0.2, 0) is 0 Å². The quantitative estimate of drug-likeness (QED) is 0.0467. The Morgan fingerprint density at radius 1 is 0.377 bits per heavy atom. The molecule has 0 saturated carbocycles. The molecule has 0 saturated heterocycles. The number of hydrogen-bond donors (Lipinski definition) is 7. The van der Waals surface area contributed by atoms with Gasteiger partial charge in [-0.1, -0.05) is 216 Å². The number of carbonyl (C=O) groups excluding carboxylic acids is 3. The van der Waals surface area contributed by atoms with Crippen molar-refractivity contribution >= 4 is 211 Å². The smallest absolute Gasteiger partial charge is 0.334 e. The van der Waals surface area contributed by atoms with Crippen LogP contribution in [0.25, 0.3) is 50.2 Å². The van der Waals surface area contributed by atoms with Crippen LogP contribution in [0.1, 0.15) is 183 Å². The van der Waals surface area contributed by atoms with Gasteiger partial charge in [0.1, 0.15) is 36.1 Å². The molecule has 4 amide bonds. The van der Waals surface area contributed by atoms with E-state index >= 15 is 0 Å². The summed E-state index contributed by atoms with van der Waals surface area (Å²) in [6, 6.07) is 15.1. The van der Waals surface area contributed by atoms with E-state index in [4.69, 9.17) is 151 Å². The molecule has 0 aromatic carbocycles. The van der Waals surface area contributed by atoms with Crippen LogP contribution in [0.3, 0.4) is 0 Å². The number of rotatable bonds is 11. The van der Waals surface area contributed by atoms with Crippen LogP contribution in [0.2, 0.25) is 61.2 Å². The molecule has 13 aromatic rings. The van der Waals surface area contributed by atoms with E-state index < -0.39 is 51.6 Å². The number of aryl methyl sites for hydroxylation is 5. The number of aromatic amines is 3. The van der Waals surface area contributed by atoms with Gasteiger partial charge >= 0.3 is 23.1 Å². The molecule has 0 aliphatic heterocycles. The van der Waals surface area contributed by atoms with Crippen LogP contribution in [0.5, 0.6) is 0 Å². The molecule has 13 aromatic heterocycles. The number of carbonyl (C=O) groups is 3. The molecule has 13 rings (SSSR count). The van der Waals surface area contributed by atoms with E-state index in [0.29, 0.717) is 28.7 Å². The highest BCUT2D eigenvalue weighted by molar-refractivity contribution is 6.92. The second kappa shape index (κ2) is 43.7. The summed E-state index contributed by atoms with van der Waals surface area (Å²) in [6.07, 6.45) is 8.53. The number of nitrogens with one attached hydrogen (secondary N) is 5. The predicted molar refractivity (Wildman–Crippen MR) is 496 cm³/mol. The number of imide groups is 1. The molecule has 1 atom stereocenters. The van der Waals surface area contributed by atoms with Crippen molar-refractivity contribution in [3.05, 3.63) is 283 Å². The molecular formula is C80H81Cl12N20O9P. The summed E-state index contributed by atoms with van der Waals surface area (Å²) >= 11 is 70.0. The molecule has 9 N–H and O–H groups in total. The minimum Gasteiger partial charge on any atom is -0.397 e. The fourth-order valence-corrected chi connectivity index (χ4v) is 13.6. The summed E-state index contributed by atoms with van der Waals surface area (Å²) in [5.74, 6) is -0.730. The summed E-state index contributed by atoms with van der Waals surface area (Å²) in [5, 5.41) is 5.92. The highest BCUT2D eigenvalue weighted by atomic mass is 35.5. The van der Waals surface area contributed by atoms with Gasteiger partial charge in [-0.25, -0.2) is 57.8 Å². The monoisotopic (exact) mass is 1920 g/mol. The summed E-state index contributed by atoms with van der Waals surface area (Å²) < 4.78 is 3.99. The Bertz CT molecular complexity index is 6170. The van der Waals surface area contributed by atoms with E-state index in [1.54, 1.807) is 55.2 Å². The van der Waals surface area contributed by atoms with E-state index in [1.807, 2.05) is 96.1 Å². The lowest BCUT2D eigenvalue weighted by Gasteiger charge is -2.17. The van der Waals surface area contributed by atoms with Crippen LogP contribution in [0.15, 0.2) is 120 Å². The summed E-state index contributed by atoms with van der Waals surface area (Å²) in [4.78, 5) is 157. The number of aromatic nitrogens is 16. The van der Waals surface area contributed by atoms with Gasteiger partial charge in [-0.2, -0.15) is 9.90 Å². The van der Waals surface area contributed by atoms with Crippen molar-refractivity contribution in [3.63, 3.8) is 0 Å². The standard InChI is InChI=1S/C16H15Cl3N4O2.3C16H14Cl2N4O2.C9H14N2.C6H3Cl3N2O.CH4.H3P/c1-7(2)11-12(8(3)4-5-20-11)21-16(25)23-15(24)9-6-10(17)14(19)22-13(9)18;3*1-7(2)11-12(8(3)4-5-19-11)22-14-9(15(23)21-16(22)24)6-10(17)13(18)20-14;1-6(2)9-8(10)7(3)4-5-11-9;7-3-1-2(6(10)12)4(8)11-5(3)9;;/h4-7H,1-3H3,(H2,21,23,24,25);3*4-7H,1-3H3,(H,21,23,24);4-6H,10H2,1-3H3;1H,(H2,10,12);1H4;1H3. The second-order valence-electron chi connectivity index (χ2n) is 27.8. The van der Waals surface area contributed by atoms with Gasteiger partial charge in [0.25, 0.3) is 28.5 Å². The minimum absolute atomic E-state index is 0. The number of urea groups is 1. The van der Waals surface area contributed by atoms with E-state index in [9.17, 15) is 43.2 Å². The fourth-order valence-electron chi connectivity index (χ4n) is 11.6. The first-order valence-electron chi connectivity index (χ1n) is 35.8. The summed E-state index contributed by atoms with van der Waals surface area (Å²) in [7, 11) is 0. The van der Waals surface area contributed by atoms with Crippen molar-refractivity contribution < 1.29 is 14.4 Å². The van der Waals surface area contributed by atoms with Crippen molar-refractivity contribution in [2.75, 3.05) is 11.1 Å². The first kappa shape index (κ1) is 101. The highest BCUT2D eigenvalue weighted by Crippen LogP contribution is 2.34. The number of halogens is 12. The first-order chi connectivity index (χ1) is 56.3. The SMILES string of the molecule is C.Cc1ccnc(C(C)C)c1-n1c(=O)[nH]c(=O)c2cc(Cl)c(Cl)nc21.Cc1ccnc(C(C)C)c1-n1c(=O)[nH]c(=O)c2cc(Cl)c(Cl)nc21.Cc1ccnc(C(C)C)c1-n1c(=O)[nH]c(=O)c2cc(Cl)c(Cl)nc21.Cc1ccnc(C(C)C)c1N.Cc1ccnc(C(C)C)c1NC(=O)NC(=O)c1cc(Cl)c(Cl)nc1Cl.NC(=O)c1cc(Cl)c(Cl)nc1Cl.P. The van der Waals surface area contributed by atoms with E-state index in [1.165, 1.54) is 44.0 Å². The molecule has 29 nitrogen and oxygen atoms in total. The van der Waals surface area contributed by atoms with Gasteiger partial charge < -0.3 is 16.8 Å². The Hall–Kier alpha value is -9.56. The maximum Gasteiger partial charge on any atom is 0.334 e. The Kier molecular flexibility index (Phi) is 36.2. The molecule has 644 valence electrons. The van der Waals surface area contributed by atoms with Crippen molar-refractivity contribution in [2.45, 2.75) is 141 Å². The number of nitrogens with zero attached hydrogens (tertiary/aromatic N) is 13. The Labute approximate surface area is 761 Å². The van der Waals surface area contributed by atoms with Gasteiger partial charge in [0.2, 0.25) is 0 Å². The van der Waals surface area contributed by atoms with E-state index in [0.717, 1.165) is 62.0 Å². The third-order valence-electron chi connectivity index (χ3n) is 17.4. The highest BCUT2D eigenvalue weighted by Gasteiger charge is 2.26. The predicted octanol–water partition coefficient (Wildman–Crippen LogP) is 19.4. The third-order valence-corrected chi connectivity index (χ3v) is 21.4. The molecule has 0 aliphatic carbocycles. The largest absolute Gasteiger partial charge is 0.397 e. The molecule has 0 fully saturated rings. The molecule has 0 bridgehead atoms. The normalized spacial score (nSPS) is 10.9. The molecular weight excluding hydrogens is 1840 g/mol. The number of amides is 4. The van der Waals surface area contributed by atoms with Crippen LogP contribution in [0, 0.1) is 34.6 Å². The van der Waals surface area contributed by atoms with Gasteiger partial charge in [-0.05, 0) is 153 Å². The Balaban J connectivity index is 0.000000231. The molecule has 1 unspecified atom stereocenters. The van der Waals surface area contributed by atoms with Crippen LogP contribution in [-0.4, -0.2) is 96.3 Å². The minimum atomic E-state index is -0.749. The summed E-state index contributed by atoms with van der Waals surface area (Å²) in [6.45, 7) is 29.4. The number of anilines is 2. The van der Waals surface area contributed by atoms with Crippen LogP contribution < -0.4 is 55.8 Å². The van der Waals surface area contributed by atoms with Gasteiger partial charge in [0.05, 0.1) is 109 Å². The lowest BCUT2D eigenvalue weighted by atomic mass is 10.0. The summed E-state index contributed by atoms with van der Waals surface area (Å²) in [5.41, 5.74) is 19.2. The number of H-pyrrole nitrogens is 3. The number of hydrogen-bond acceptors (Lipinski definition) is 20. The van der Waals surface area contributed by atoms with Gasteiger partial charge in [-0.15, -0.1) is 0 Å². The Morgan fingerprint density at radius 3 is 0.959 bits per heavy atom. The molecule has 122 heavy (non-hydrogen) atoms. The second-order valence-corrected chi connectivity index (χ2v) is 32.4. The topological polar surface area (TPSA) is 421 Å². The van der Waals surface area contributed by atoms with Crippen LogP contribution >= 0.6 is 149 Å². The van der Waals surface area contributed by atoms with Crippen molar-refractivity contribution in [1.82, 2.24) is 83.8 Å². The van der Waals surface area contributed by atoms with Crippen molar-refractivity contribution in [1.29, 1.82) is 0 Å². The van der Waals surface area contributed by atoms with Crippen LogP contribution in [0.4, 0.5) is 16.2 Å². The number of nitrogen functional groups attached to an aromatic ring is 1. The number of nitrogens with two attached hydrogens (primary N) is 2. The number of fused-ring (bicyclic) bond motifs is 3. The zero-order chi connectivity index (χ0) is 89.2. The zero-order valence-electron chi connectivity index (χ0n) is 66.9.